The van der Waals surface area contributed by atoms with E-state index in [0.717, 1.165) is 21.2 Å². The van der Waals surface area contributed by atoms with Crippen LogP contribution in [0.4, 0.5) is 0 Å². The van der Waals surface area contributed by atoms with Crippen LogP contribution in [0.25, 0.3) is 0 Å². The van der Waals surface area contributed by atoms with Gasteiger partial charge in [-0.1, -0.05) is 18.2 Å². The molecule has 0 unspecified atom stereocenters. The highest BCUT2D eigenvalue weighted by Crippen LogP contribution is 2.29. The molecule has 1 heterocycles. The number of sulfonamides is 1. The predicted molar refractivity (Wildman–Crippen MR) is 90.7 cm³/mol. The van der Waals surface area contributed by atoms with Crippen LogP contribution in [0.1, 0.15) is 27.9 Å². The van der Waals surface area contributed by atoms with Gasteiger partial charge in [-0.05, 0) is 49.2 Å². The van der Waals surface area contributed by atoms with Crippen LogP contribution in [0.15, 0.2) is 47.4 Å². The van der Waals surface area contributed by atoms with Gasteiger partial charge in [0.2, 0.25) is 0 Å². The fourth-order valence-electron chi connectivity index (χ4n) is 2.87. The second-order valence-corrected chi connectivity index (χ2v) is 7.73. The van der Waals surface area contributed by atoms with E-state index in [1.165, 1.54) is 6.07 Å². The standard InChI is InChI=1S/C18H19NO4S/c1-13-10-14(2)12-15(11-13)23-9-5-8-19-18(20)16-6-3-4-7-17(16)24(19,21)22/h3-4,6-7,10-12H,5,8-9H2,1-2H3. The minimum atomic E-state index is -3.73. The summed E-state index contributed by atoms with van der Waals surface area (Å²) >= 11 is 0. The van der Waals surface area contributed by atoms with E-state index in [2.05, 4.69) is 6.07 Å². The molecule has 1 aliphatic rings. The molecule has 0 spiro atoms. The Labute approximate surface area is 141 Å². The molecule has 0 N–H and O–H groups in total. The van der Waals surface area contributed by atoms with E-state index in [1.54, 1.807) is 18.2 Å². The van der Waals surface area contributed by atoms with Gasteiger partial charge in [0.1, 0.15) is 10.6 Å². The quantitative estimate of drug-likeness (QED) is 0.782. The van der Waals surface area contributed by atoms with Gasteiger partial charge in [0.25, 0.3) is 15.9 Å². The summed E-state index contributed by atoms with van der Waals surface area (Å²) in [4.78, 5) is 12.4. The Kier molecular flexibility index (Phi) is 4.32. The molecule has 126 valence electrons. The van der Waals surface area contributed by atoms with Crippen LogP contribution in [-0.4, -0.2) is 31.8 Å². The Morgan fingerprint density at radius 2 is 1.71 bits per heavy atom. The van der Waals surface area contributed by atoms with Crippen LogP contribution >= 0.6 is 0 Å². The lowest BCUT2D eigenvalue weighted by Crippen LogP contribution is -2.31. The molecule has 0 saturated heterocycles. The predicted octanol–water partition coefficient (Wildman–Crippen LogP) is 2.92. The minimum absolute atomic E-state index is 0.0882. The lowest BCUT2D eigenvalue weighted by molar-refractivity contribution is 0.0866. The molecular weight excluding hydrogens is 326 g/mol. The molecule has 2 aromatic rings. The highest BCUT2D eigenvalue weighted by molar-refractivity contribution is 7.90. The van der Waals surface area contributed by atoms with Crippen molar-refractivity contribution in [2.45, 2.75) is 25.2 Å². The van der Waals surface area contributed by atoms with E-state index in [1.807, 2.05) is 26.0 Å². The van der Waals surface area contributed by atoms with E-state index in [9.17, 15) is 13.2 Å². The third-order valence-corrected chi connectivity index (χ3v) is 5.72. The molecule has 2 aromatic carbocycles. The summed E-state index contributed by atoms with van der Waals surface area (Å²) in [5, 5.41) is 0. The number of amides is 1. The number of carbonyl (C=O) groups is 1. The Bertz CT molecular complexity index is 869. The Hall–Kier alpha value is -2.34. The van der Waals surface area contributed by atoms with Crippen molar-refractivity contribution in [1.29, 1.82) is 0 Å². The van der Waals surface area contributed by atoms with Crippen molar-refractivity contribution in [3.8, 4) is 5.75 Å². The van der Waals surface area contributed by atoms with Crippen molar-refractivity contribution in [2.24, 2.45) is 0 Å². The maximum atomic E-state index is 12.4. The Balaban J connectivity index is 1.63. The zero-order valence-electron chi connectivity index (χ0n) is 13.7. The molecule has 0 aliphatic carbocycles. The molecule has 24 heavy (non-hydrogen) atoms. The van der Waals surface area contributed by atoms with Crippen LogP contribution in [0, 0.1) is 13.8 Å². The first-order valence-electron chi connectivity index (χ1n) is 7.77. The molecule has 3 rings (SSSR count). The van der Waals surface area contributed by atoms with Gasteiger partial charge >= 0.3 is 0 Å². The molecule has 1 aliphatic heterocycles. The normalized spacial score (nSPS) is 15.4. The van der Waals surface area contributed by atoms with Crippen molar-refractivity contribution in [3.63, 3.8) is 0 Å². The monoisotopic (exact) mass is 345 g/mol. The van der Waals surface area contributed by atoms with E-state index >= 15 is 0 Å². The van der Waals surface area contributed by atoms with Crippen molar-refractivity contribution < 1.29 is 17.9 Å². The van der Waals surface area contributed by atoms with Gasteiger partial charge in [0, 0.05) is 13.0 Å². The topological polar surface area (TPSA) is 63.7 Å². The first-order chi connectivity index (χ1) is 11.4. The summed E-state index contributed by atoms with van der Waals surface area (Å²) in [6.45, 7) is 4.44. The average molecular weight is 345 g/mol. The van der Waals surface area contributed by atoms with Gasteiger partial charge in [0.05, 0.1) is 12.2 Å². The van der Waals surface area contributed by atoms with Crippen molar-refractivity contribution in [1.82, 2.24) is 4.31 Å². The highest BCUT2D eigenvalue weighted by atomic mass is 32.2. The van der Waals surface area contributed by atoms with Gasteiger partial charge in [-0.15, -0.1) is 0 Å². The zero-order chi connectivity index (χ0) is 17.3. The smallest absolute Gasteiger partial charge is 0.269 e. The molecule has 1 amide bonds. The molecule has 0 fully saturated rings. The van der Waals surface area contributed by atoms with Crippen LogP contribution < -0.4 is 4.74 Å². The number of ether oxygens (including phenoxy) is 1. The molecule has 0 radical (unpaired) electrons. The van der Waals surface area contributed by atoms with Crippen LogP contribution in [-0.2, 0) is 10.0 Å². The van der Waals surface area contributed by atoms with Gasteiger partial charge in [-0.2, -0.15) is 0 Å². The molecular formula is C18H19NO4S. The second kappa shape index (κ2) is 6.28. The molecule has 0 bridgehead atoms. The summed E-state index contributed by atoms with van der Waals surface area (Å²) in [6, 6.07) is 12.2. The van der Waals surface area contributed by atoms with E-state index < -0.39 is 15.9 Å². The molecule has 0 atom stereocenters. The summed E-state index contributed by atoms with van der Waals surface area (Å²) < 4.78 is 31.4. The maximum Gasteiger partial charge on any atom is 0.269 e. The van der Waals surface area contributed by atoms with Crippen LogP contribution in [0.2, 0.25) is 0 Å². The zero-order valence-corrected chi connectivity index (χ0v) is 14.5. The van der Waals surface area contributed by atoms with E-state index in [4.69, 9.17) is 4.74 Å². The number of nitrogens with zero attached hydrogens (tertiary/aromatic N) is 1. The summed E-state index contributed by atoms with van der Waals surface area (Å²) in [7, 11) is -3.73. The number of benzene rings is 2. The average Bonchev–Trinajstić information content (AvgIpc) is 2.71. The van der Waals surface area contributed by atoms with Crippen molar-refractivity contribution in [3.05, 3.63) is 59.2 Å². The third-order valence-electron chi connectivity index (χ3n) is 3.88. The molecule has 6 heteroatoms. The van der Waals surface area contributed by atoms with Crippen molar-refractivity contribution in [2.75, 3.05) is 13.2 Å². The van der Waals surface area contributed by atoms with Gasteiger partial charge in [0.15, 0.2) is 0 Å². The largest absolute Gasteiger partial charge is 0.494 e. The Morgan fingerprint density at radius 1 is 1.04 bits per heavy atom. The van der Waals surface area contributed by atoms with Crippen LogP contribution in [0.5, 0.6) is 5.75 Å². The third kappa shape index (κ3) is 3.01. The van der Waals surface area contributed by atoms with E-state index in [-0.39, 0.29) is 17.0 Å². The summed E-state index contributed by atoms with van der Waals surface area (Å²) in [6.07, 6.45) is 0.436. The first-order valence-corrected chi connectivity index (χ1v) is 9.21. The number of hydrogen-bond acceptors (Lipinski definition) is 4. The SMILES string of the molecule is Cc1cc(C)cc(OCCCN2C(=O)c3ccccc3S2(=O)=O)c1. The fraction of sp³-hybridized carbons (Fsp3) is 0.278. The van der Waals surface area contributed by atoms with Crippen molar-refractivity contribution >= 4 is 15.9 Å². The number of aryl methyl sites for hydroxylation is 2. The maximum absolute atomic E-state index is 12.4. The highest BCUT2D eigenvalue weighted by Gasteiger charge is 2.40. The number of hydrogen-bond donors (Lipinski definition) is 0. The van der Waals surface area contributed by atoms with Gasteiger partial charge in [-0.3, -0.25) is 4.79 Å². The second-order valence-electron chi connectivity index (χ2n) is 5.90. The first kappa shape index (κ1) is 16.5. The van der Waals surface area contributed by atoms with Crippen LogP contribution in [0.3, 0.4) is 0 Å². The van der Waals surface area contributed by atoms with Gasteiger partial charge in [-0.25, -0.2) is 12.7 Å². The van der Waals surface area contributed by atoms with Gasteiger partial charge < -0.3 is 4.74 Å². The lowest BCUT2D eigenvalue weighted by Gasteiger charge is -2.15. The number of carbonyl (C=O) groups excluding carboxylic acids is 1. The molecule has 5 nitrogen and oxygen atoms in total. The summed E-state index contributed by atoms with van der Waals surface area (Å²) in [5.41, 5.74) is 2.46. The molecule has 0 aromatic heterocycles. The molecule has 0 saturated carbocycles. The Morgan fingerprint density at radius 3 is 2.38 bits per heavy atom. The number of fused-ring (bicyclic) bond motifs is 1. The minimum Gasteiger partial charge on any atom is -0.494 e. The number of rotatable bonds is 5. The lowest BCUT2D eigenvalue weighted by atomic mass is 10.1. The summed E-state index contributed by atoms with van der Waals surface area (Å²) in [5.74, 6) is 0.295. The van der Waals surface area contributed by atoms with E-state index in [0.29, 0.717) is 13.0 Å². The fourth-order valence-corrected chi connectivity index (χ4v) is 4.47.